The Morgan fingerprint density at radius 2 is 0.876 bits per heavy atom. The van der Waals surface area contributed by atoms with Gasteiger partial charge >= 0.3 is 17.9 Å². The minimum Gasteiger partial charge on any atom is -0.508 e. The third-order valence-electron chi connectivity index (χ3n) is 21.6. The van der Waals surface area contributed by atoms with Gasteiger partial charge in [-0.1, -0.05) is 151 Å². The molecular weight excluding hydrogens is 1830 g/mol. The Bertz CT molecular complexity index is 5000. The summed E-state index contributed by atoms with van der Waals surface area (Å²) >= 11 is 2.14. The third kappa shape index (κ3) is 38.8. The highest BCUT2D eigenvalue weighted by molar-refractivity contribution is 7.98. The number of nitrogens with two attached hydrogens (primary N) is 1. The van der Waals surface area contributed by atoms with E-state index in [-0.39, 0.29) is 59.1 Å². The number of carboxylic acids is 3. The summed E-state index contributed by atoms with van der Waals surface area (Å²) in [6.45, 7) is 7.26. The first-order chi connectivity index (χ1) is 65.0. The van der Waals surface area contributed by atoms with Crippen molar-refractivity contribution in [1.29, 1.82) is 0 Å². The maximum atomic E-state index is 15.3. The Morgan fingerprint density at radius 1 is 0.438 bits per heavy atom. The van der Waals surface area contributed by atoms with Crippen LogP contribution >= 0.6 is 23.5 Å². The van der Waals surface area contributed by atoms with E-state index in [1.54, 1.807) is 120 Å². The van der Waals surface area contributed by atoms with E-state index in [1.807, 2.05) is 0 Å². The number of aliphatic hydroxyl groups excluding tert-OH is 3. The average molecular weight is 1950 g/mol. The van der Waals surface area contributed by atoms with Gasteiger partial charge in [-0.15, -0.1) is 0 Å². The first kappa shape index (κ1) is 112. The minimum atomic E-state index is -2.12. The normalized spacial score (nSPS) is 19.5. The molecule has 744 valence electrons. The van der Waals surface area contributed by atoms with Gasteiger partial charge in [0.2, 0.25) is 94.5 Å². The molecule has 0 fully saturated rings. The first-order valence-electron chi connectivity index (χ1n) is 44.2. The van der Waals surface area contributed by atoms with E-state index in [0.717, 1.165) is 23.5 Å². The molecule has 0 radical (unpaired) electrons. The van der Waals surface area contributed by atoms with Crippen molar-refractivity contribution >= 4 is 136 Å². The van der Waals surface area contributed by atoms with Crippen molar-refractivity contribution < 1.29 is 132 Å². The molecule has 0 saturated carbocycles. The molecule has 16 amide bonds. The lowest BCUT2D eigenvalue weighted by Gasteiger charge is -2.29. The quantitative estimate of drug-likeness (QED) is 0.0197. The molecule has 137 heavy (non-hydrogen) atoms. The molecule has 5 aromatic rings. The predicted octanol–water partition coefficient (Wildman–Crippen LogP) is -2.30. The standard InChI is InChI=1S/C92H122N16O27S2/c1-8-50(6)78(95-51(7)112)92(135)106-71(43-111)89(132)103-65(36-52-12-10-9-11-13-52)86(129)107-72-46-136-44-55-14-22-57(23-15-55)58-24-16-56(17-25-58)45-137-47-73(91(134)98-62(31-33-76(118)119)82(125)105-70(42-110)80(123)94-40-74(115)96-69(41-109)79(93)122)108-87(130)67(38-54-20-28-60(114)29-21-54)101-85(128)66(37-53-18-26-59(113)27-19-53)102-88(131)68(39-77(120)121)104-84(127)64(35-49(4)5)100-83(126)63(34-48(2)3)99-81(124)61(97-90(72)133)30-32-75(116)117/h9-29,48-50,61-73,78,109-111,113-114H,8,30-47H2,1-7H3,(H2,93,122)(H,94,123)(H,95,112)(H,96,115)(H,97,133)(H,98,134)(H,99,124)(H,100,126)(H,101,128)(H,102,131)(H,103,132)(H,104,127)(H,105,125)(H,106,135)(H,107,129)(H,108,130)(H,116,117)(H,118,119)(H,120,121)/t50-,61-,62-,63-,64-,65-,66-,67-,68-,69-,70-,71-,72+,73-,78-/m0/s1. The summed E-state index contributed by atoms with van der Waals surface area (Å²) in [6.07, 6.45) is -5.46. The fourth-order valence-corrected chi connectivity index (χ4v) is 16.0. The number of hydrogen-bond acceptors (Lipinski definition) is 26. The number of aliphatic carboxylic acids is 3. The van der Waals surface area contributed by atoms with Crippen LogP contribution in [0.4, 0.5) is 0 Å². The van der Waals surface area contributed by atoms with Crippen molar-refractivity contribution in [3.8, 4) is 22.6 Å². The molecule has 3 aliphatic heterocycles. The monoisotopic (exact) mass is 1950 g/mol. The molecule has 43 nitrogen and oxygen atoms in total. The van der Waals surface area contributed by atoms with Crippen LogP contribution < -0.4 is 85.5 Å². The maximum Gasteiger partial charge on any atom is 0.305 e. The van der Waals surface area contributed by atoms with E-state index in [2.05, 4.69) is 79.8 Å². The van der Waals surface area contributed by atoms with Gasteiger partial charge in [0.1, 0.15) is 96.1 Å². The number of carbonyl (C=O) groups is 19. The van der Waals surface area contributed by atoms with Gasteiger partial charge in [0.15, 0.2) is 0 Å². The molecule has 0 aromatic heterocycles. The highest BCUT2D eigenvalue weighted by Gasteiger charge is 2.40. The molecule has 8 rings (SSSR count). The van der Waals surface area contributed by atoms with Crippen molar-refractivity contribution in [3.05, 3.63) is 155 Å². The number of rotatable bonds is 39. The summed E-state index contributed by atoms with van der Waals surface area (Å²) in [6, 6.07) is 8.49. The Hall–Kier alpha value is -13.8. The van der Waals surface area contributed by atoms with E-state index >= 15 is 24.0 Å². The fourth-order valence-electron chi connectivity index (χ4n) is 13.9. The van der Waals surface area contributed by atoms with Crippen LogP contribution in [-0.4, -0.2) is 276 Å². The number of benzene rings is 5. The van der Waals surface area contributed by atoms with E-state index in [1.165, 1.54) is 55.5 Å². The molecular formula is C92H122N16O27S2. The Morgan fingerprint density at radius 3 is 1.35 bits per heavy atom. The van der Waals surface area contributed by atoms with Crippen LogP contribution in [-0.2, 0) is 122 Å². The van der Waals surface area contributed by atoms with Gasteiger partial charge in [-0.3, -0.25) is 91.1 Å². The van der Waals surface area contributed by atoms with Gasteiger partial charge in [-0.2, -0.15) is 23.5 Å². The number of carboxylic acid groups (broad SMARTS) is 3. The zero-order chi connectivity index (χ0) is 101. The lowest BCUT2D eigenvalue weighted by Crippen LogP contribution is -2.62. The van der Waals surface area contributed by atoms with Crippen LogP contribution in [0.3, 0.4) is 0 Å². The van der Waals surface area contributed by atoms with Crippen LogP contribution in [0.2, 0.25) is 0 Å². The Kier molecular flexibility index (Phi) is 46.2. The van der Waals surface area contributed by atoms with Crippen LogP contribution in [0, 0.1) is 17.8 Å². The number of phenolic OH excluding ortho intramolecular Hbond substituents is 2. The number of hydrogen-bond donors (Lipinski definition) is 24. The lowest BCUT2D eigenvalue weighted by molar-refractivity contribution is -0.142. The highest BCUT2D eigenvalue weighted by Crippen LogP contribution is 2.26. The summed E-state index contributed by atoms with van der Waals surface area (Å²) in [4.78, 5) is 265. The zero-order valence-electron chi connectivity index (χ0n) is 76.6. The summed E-state index contributed by atoms with van der Waals surface area (Å²) in [5, 5.41) is 118. The van der Waals surface area contributed by atoms with E-state index in [0.29, 0.717) is 34.2 Å². The predicted molar refractivity (Wildman–Crippen MR) is 498 cm³/mol. The van der Waals surface area contributed by atoms with Crippen LogP contribution in [0.5, 0.6) is 11.5 Å². The van der Waals surface area contributed by atoms with Gasteiger partial charge in [-0.05, 0) is 107 Å². The van der Waals surface area contributed by atoms with E-state index < -0.39 is 292 Å². The second-order valence-electron chi connectivity index (χ2n) is 33.7. The van der Waals surface area contributed by atoms with Gasteiger partial charge in [-0.25, -0.2) is 0 Å². The average Bonchev–Trinajstić information content (AvgIpc) is 0.845. The number of thioether (sulfide) groups is 2. The number of aliphatic hydroxyl groups is 3. The summed E-state index contributed by atoms with van der Waals surface area (Å²) in [5.74, 6) is -24.5. The van der Waals surface area contributed by atoms with Crippen molar-refractivity contribution in [2.45, 2.75) is 215 Å². The van der Waals surface area contributed by atoms with Crippen LogP contribution in [0.15, 0.2) is 127 Å². The molecule has 0 aliphatic carbocycles. The molecule has 0 saturated heterocycles. The Balaban J connectivity index is 1.48. The van der Waals surface area contributed by atoms with Gasteiger partial charge in [0, 0.05) is 62.0 Å². The van der Waals surface area contributed by atoms with Crippen molar-refractivity contribution in [2.24, 2.45) is 23.5 Å². The number of amides is 16. The number of carbonyl (C=O) groups excluding carboxylic acids is 16. The van der Waals surface area contributed by atoms with Crippen molar-refractivity contribution in [2.75, 3.05) is 37.9 Å². The SMILES string of the molecule is CC[C@H](C)[C@H](NC(C)=O)C(=O)N[C@@H](CO)C(=O)N[C@@H](Cc1ccccc1)C(=O)N[C@@H]1CSCc2ccc(cc2)-c2ccc(cc2)CSC[C@@H](C(=O)N[C@@H](CCC(=O)O)C(=O)N[C@@H](CO)C(=O)NCC(=O)N[C@@H](CO)C(N)=O)NC(=O)[C@H](Cc2ccc(O)cc2)NC(=O)[C@H](Cc2ccc(O)cc2)NC(=O)[C@H](CC(=O)O)NC(=O)[C@H](CC(C)C)NC(=O)[C@H](CC(C)C)NC(=O)[C@H](CCC(=O)O)NC1=O. The number of aromatic hydroxyl groups is 2. The number of fused-ring (bicyclic) bond motifs is 2. The molecule has 5 aromatic carbocycles. The van der Waals surface area contributed by atoms with Crippen LogP contribution in [0.25, 0.3) is 11.1 Å². The van der Waals surface area contributed by atoms with E-state index in [9.17, 15) is 108 Å². The molecule has 3 heterocycles. The Labute approximate surface area is 798 Å². The molecule has 4 bridgehead atoms. The molecule has 3 aliphatic rings. The fraction of sp³-hybridized carbons (Fsp3) is 0.467. The number of phenols is 2. The largest absolute Gasteiger partial charge is 0.508 e. The minimum absolute atomic E-state index is 0.0673. The molecule has 45 heteroatoms. The number of primary amides is 1. The third-order valence-corrected chi connectivity index (χ3v) is 23.8. The van der Waals surface area contributed by atoms with Gasteiger partial charge in [0.25, 0.3) is 0 Å². The molecule has 0 spiro atoms. The zero-order valence-corrected chi connectivity index (χ0v) is 78.2. The highest BCUT2D eigenvalue weighted by atomic mass is 32.2. The smallest absolute Gasteiger partial charge is 0.305 e. The first-order valence-corrected chi connectivity index (χ1v) is 46.5. The summed E-state index contributed by atoms with van der Waals surface area (Å²) in [7, 11) is 0. The van der Waals surface area contributed by atoms with E-state index in [4.69, 9.17) is 5.73 Å². The maximum absolute atomic E-state index is 15.3. The topological polar surface area (TPSA) is 693 Å². The molecule has 0 unspecified atom stereocenters. The second-order valence-corrected chi connectivity index (χ2v) is 35.7. The van der Waals surface area contributed by atoms with Gasteiger partial charge in [0.05, 0.1) is 32.8 Å². The lowest BCUT2D eigenvalue weighted by atomic mass is 9.98. The summed E-state index contributed by atoms with van der Waals surface area (Å²) in [5.41, 5.74) is 8.75. The van der Waals surface area contributed by atoms with Crippen molar-refractivity contribution in [1.82, 2.24) is 79.8 Å². The second kappa shape index (κ2) is 56.5. The molecule has 15 atom stereocenters. The summed E-state index contributed by atoms with van der Waals surface area (Å²) < 4.78 is 0. The van der Waals surface area contributed by atoms with Crippen molar-refractivity contribution in [3.63, 3.8) is 0 Å². The van der Waals surface area contributed by atoms with Crippen LogP contribution in [0.1, 0.15) is 128 Å². The molecule has 25 N–H and O–H groups in total. The number of nitrogens with one attached hydrogen (secondary N) is 15. The van der Waals surface area contributed by atoms with Gasteiger partial charge < -0.3 is 126 Å².